The van der Waals surface area contributed by atoms with Crippen molar-refractivity contribution < 1.29 is 4.79 Å². The number of benzene rings is 2. The van der Waals surface area contributed by atoms with Crippen molar-refractivity contribution in [3.05, 3.63) is 83.4 Å². The number of hydrogen-bond acceptors (Lipinski definition) is 3. The summed E-state index contributed by atoms with van der Waals surface area (Å²) < 4.78 is 2.93. The molecule has 2 heterocycles. The average Bonchev–Trinajstić information content (AvgIpc) is 3.21. The smallest absolute Gasteiger partial charge is 0.252 e. The average molecular weight is 421 g/mol. The molecule has 0 unspecified atom stereocenters. The molecule has 1 N–H and O–H groups in total. The van der Waals surface area contributed by atoms with Gasteiger partial charge in [0.1, 0.15) is 0 Å². The lowest BCUT2D eigenvalue weighted by Crippen LogP contribution is -2.27. The summed E-state index contributed by atoms with van der Waals surface area (Å²) in [5.41, 5.74) is 3.18. The third kappa shape index (κ3) is 3.90. The number of hydrogen-bond donors (Lipinski definition) is 1. The van der Waals surface area contributed by atoms with Gasteiger partial charge in [-0.05, 0) is 24.3 Å². The van der Waals surface area contributed by atoms with Gasteiger partial charge >= 0.3 is 0 Å². The number of imidazole rings is 1. The predicted molar refractivity (Wildman–Crippen MR) is 109 cm³/mol. The SMILES string of the molecule is O=C(NCCn1ccnc1)c1cc(-c2ccc(Br)cc2)nc2ccccc12. The number of rotatable bonds is 5. The maximum atomic E-state index is 12.9. The molecular formula is C21H17BrN4O. The van der Waals surface area contributed by atoms with E-state index in [4.69, 9.17) is 4.98 Å². The summed E-state index contributed by atoms with van der Waals surface area (Å²) in [5.74, 6) is -0.105. The van der Waals surface area contributed by atoms with Gasteiger partial charge in [0.25, 0.3) is 5.91 Å². The second kappa shape index (κ2) is 7.72. The number of aromatic nitrogens is 3. The summed E-state index contributed by atoms with van der Waals surface area (Å²) in [5, 5.41) is 3.84. The van der Waals surface area contributed by atoms with Crippen LogP contribution >= 0.6 is 15.9 Å². The van der Waals surface area contributed by atoms with Crippen molar-refractivity contribution in [2.45, 2.75) is 6.54 Å². The van der Waals surface area contributed by atoms with Crippen LogP contribution in [0.2, 0.25) is 0 Å². The molecule has 2 aromatic carbocycles. The molecule has 27 heavy (non-hydrogen) atoms. The van der Waals surface area contributed by atoms with Crippen LogP contribution in [0.1, 0.15) is 10.4 Å². The van der Waals surface area contributed by atoms with E-state index in [-0.39, 0.29) is 5.91 Å². The second-order valence-electron chi connectivity index (χ2n) is 6.14. The molecule has 0 saturated carbocycles. The lowest BCUT2D eigenvalue weighted by atomic mass is 10.0. The normalized spacial score (nSPS) is 10.9. The van der Waals surface area contributed by atoms with Crippen LogP contribution in [0.15, 0.2) is 77.8 Å². The van der Waals surface area contributed by atoms with Gasteiger partial charge in [0.05, 0.1) is 23.1 Å². The summed E-state index contributed by atoms with van der Waals surface area (Å²) in [6.07, 6.45) is 5.34. The first kappa shape index (κ1) is 17.4. The number of nitrogens with one attached hydrogen (secondary N) is 1. The van der Waals surface area contributed by atoms with Crippen molar-refractivity contribution in [2.24, 2.45) is 0 Å². The maximum Gasteiger partial charge on any atom is 0.252 e. The lowest BCUT2D eigenvalue weighted by molar-refractivity contribution is 0.0954. The number of carbonyl (C=O) groups excluding carboxylic acids is 1. The van der Waals surface area contributed by atoms with E-state index in [1.807, 2.05) is 65.4 Å². The van der Waals surface area contributed by atoms with Gasteiger partial charge in [-0.15, -0.1) is 0 Å². The van der Waals surface area contributed by atoms with Gasteiger partial charge in [0, 0.05) is 40.9 Å². The molecule has 4 aromatic rings. The summed E-state index contributed by atoms with van der Waals surface area (Å²) in [6, 6.07) is 17.5. The molecule has 0 fully saturated rings. The van der Waals surface area contributed by atoms with Crippen LogP contribution in [0, 0.1) is 0 Å². The van der Waals surface area contributed by atoms with E-state index in [1.54, 1.807) is 12.5 Å². The molecule has 0 aliphatic carbocycles. The number of pyridine rings is 1. The van der Waals surface area contributed by atoms with Gasteiger partial charge < -0.3 is 9.88 Å². The van der Waals surface area contributed by atoms with Crippen LogP contribution in [-0.4, -0.2) is 27.0 Å². The highest BCUT2D eigenvalue weighted by molar-refractivity contribution is 9.10. The van der Waals surface area contributed by atoms with E-state index in [1.165, 1.54) is 0 Å². The molecule has 4 rings (SSSR count). The van der Waals surface area contributed by atoms with Gasteiger partial charge in [-0.25, -0.2) is 9.97 Å². The Morgan fingerprint density at radius 2 is 1.93 bits per heavy atom. The molecule has 0 spiro atoms. The Bertz CT molecular complexity index is 1080. The summed E-state index contributed by atoms with van der Waals surface area (Å²) in [7, 11) is 0. The Balaban J connectivity index is 1.65. The third-order valence-electron chi connectivity index (χ3n) is 4.32. The first-order valence-corrected chi connectivity index (χ1v) is 9.40. The maximum absolute atomic E-state index is 12.9. The molecule has 134 valence electrons. The molecule has 0 saturated heterocycles. The molecule has 6 heteroatoms. The van der Waals surface area contributed by atoms with Gasteiger partial charge in [-0.2, -0.15) is 0 Å². The topological polar surface area (TPSA) is 59.8 Å². The molecule has 0 bridgehead atoms. The predicted octanol–water partition coefficient (Wildman–Crippen LogP) is 4.29. The molecular weight excluding hydrogens is 404 g/mol. The van der Waals surface area contributed by atoms with Crippen LogP contribution < -0.4 is 5.32 Å². The van der Waals surface area contributed by atoms with Crippen LogP contribution in [0.4, 0.5) is 0 Å². The fourth-order valence-corrected chi connectivity index (χ4v) is 3.21. The Labute approximate surface area is 165 Å². The zero-order valence-corrected chi connectivity index (χ0v) is 16.1. The number of carbonyl (C=O) groups is 1. The first-order valence-electron chi connectivity index (χ1n) is 8.60. The first-order chi connectivity index (χ1) is 13.2. The number of amides is 1. The molecule has 0 aliphatic rings. The number of nitrogens with zero attached hydrogens (tertiary/aromatic N) is 3. The molecule has 2 aromatic heterocycles. The van der Waals surface area contributed by atoms with E-state index >= 15 is 0 Å². The summed E-state index contributed by atoms with van der Waals surface area (Å²) in [4.78, 5) is 21.6. The van der Waals surface area contributed by atoms with E-state index in [0.29, 0.717) is 18.7 Å². The monoisotopic (exact) mass is 420 g/mol. The van der Waals surface area contributed by atoms with Gasteiger partial charge in [0.2, 0.25) is 0 Å². The largest absolute Gasteiger partial charge is 0.350 e. The Morgan fingerprint density at radius 1 is 1.11 bits per heavy atom. The zero-order valence-electron chi connectivity index (χ0n) is 14.5. The Kier molecular flexibility index (Phi) is 4.98. The van der Waals surface area contributed by atoms with Crippen LogP contribution in [0.25, 0.3) is 22.2 Å². The molecule has 1 amide bonds. The van der Waals surface area contributed by atoms with Crippen LogP contribution in [0.3, 0.4) is 0 Å². The Hall–Kier alpha value is -2.99. The van der Waals surface area contributed by atoms with Crippen molar-refractivity contribution in [2.75, 3.05) is 6.54 Å². The van der Waals surface area contributed by atoms with Gasteiger partial charge in [-0.3, -0.25) is 4.79 Å². The van der Waals surface area contributed by atoms with Crippen LogP contribution in [0.5, 0.6) is 0 Å². The van der Waals surface area contributed by atoms with Crippen molar-refractivity contribution in [3.63, 3.8) is 0 Å². The fraction of sp³-hybridized carbons (Fsp3) is 0.0952. The molecule has 0 aliphatic heterocycles. The van der Waals surface area contributed by atoms with Crippen molar-refractivity contribution >= 4 is 32.7 Å². The van der Waals surface area contributed by atoms with E-state index in [0.717, 1.165) is 26.6 Å². The van der Waals surface area contributed by atoms with Gasteiger partial charge in [-0.1, -0.05) is 46.3 Å². The minimum atomic E-state index is -0.105. The zero-order chi connectivity index (χ0) is 18.6. The van der Waals surface area contributed by atoms with E-state index in [9.17, 15) is 4.79 Å². The number of halogens is 1. The highest BCUT2D eigenvalue weighted by Crippen LogP contribution is 2.26. The lowest BCUT2D eigenvalue weighted by Gasteiger charge is -2.11. The summed E-state index contributed by atoms with van der Waals surface area (Å²) in [6.45, 7) is 1.20. The minimum Gasteiger partial charge on any atom is -0.350 e. The molecule has 0 radical (unpaired) electrons. The van der Waals surface area contributed by atoms with Crippen LogP contribution in [-0.2, 0) is 6.54 Å². The summed E-state index contributed by atoms with van der Waals surface area (Å²) >= 11 is 3.45. The van der Waals surface area contributed by atoms with Crippen molar-refractivity contribution in [3.8, 4) is 11.3 Å². The minimum absolute atomic E-state index is 0.105. The van der Waals surface area contributed by atoms with E-state index < -0.39 is 0 Å². The highest BCUT2D eigenvalue weighted by Gasteiger charge is 2.13. The highest BCUT2D eigenvalue weighted by atomic mass is 79.9. The molecule has 0 atom stereocenters. The third-order valence-corrected chi connectivity index (χ3v) is 4.84. The standard InChI is InChI=1S/C21H17BrN4O/c22-16-7-5-15(6-8-16)20-13-18(17-3-1-2-4-19(17)25-20)21(27)24-10-12-26-11-9-23-14-26/h1-9,11,13-14H,10,12H2,(H,24,27). The second-order valence-corrected chi connectivity index (χ2v) is 7.05. The quantitative estimate of drug-likeness (QED) is 0.523. The number of fused-ring (bicyclic) bond motifs is 1. The molecule has 5 nitrogen and oxygen atoms in total. The van der Waals surface area contributed by atoms with Crippen molar-refractivity contribution in [1.29, 1.82) is 0 Å². The Morgan fingerprint density at radius 3 is 2.70 bits per heavy atom. The fourth-order valence-electron chi connectivity index (χ4n) is 2.94. The van der Waals surface area contributed by atoms with Gasteiger partial charge in [0.15, 0.2) is 0 Å². The van der Waals surface area contributed by atoms with E-state index in [2.05, 4.69) is 26.2 Å². The number of para-hydroxylation sites is 1. The van der Waals surface area contributed by atoms with Crippen molar-refractivity contribution in [1.82, 2.24) is 19.9 Å².